The molecule has 0 bridgehead atoms. The topological polar surface area (TPSA) is 57.6 Å². The average Bonchev–Trinajstić information content (AvgIpc) is 2.30. The molecule has 0 aliphatic heterocycles. The molecule has 1 N–H and O–H groups in total. The van der Waals surface area contributed by atoms with E-state index in [1.807, 2.05) is 0 Å². The van der Waals surface area contributed by atoms with Gasteiger partial charge in [0.2, 0.25) is 5.91 Å². The van der Waals surface area contributed by atoms with E-state index < -0.39 is 34.6 Å². The number of hydrogen-bond acceptors (Lipinski definition) is 2. The maximum absolute atomic E-state index is 13.7. The van der Waals surface area contributed by atoms with Crippen molar-refractivity contribution in [3.8, 4) is 0 Å². The standard InChI is InChI=1S/C12H13F2NO3/c1-7(16)15(3)12(2,11(17)18)8-5-4-6-9(13)10(8)14/h4-6H,1-3H3,(H,17,18). The van der Waals surface area contributed by atoms with Gasteiger partial charge in [-0.3, -0.25) is 4.79 Å². The Bertz CT molecular complexity index is 504. The van der Waals surface area contributed by atoms with Crippen molar-refractivity contribution in [2.45, 2.75) is 19.4 Å². The zero-order valence-electron chi connectivity index (χ0n) is 10.2. The molecule has 1 aromatic carbocycles. The van der Waals surface area contributed by atoms with E-state index in [1.54, 1.807) is 0 Å². The summed E-state index contributed by atoms with van der Waals surface area (Å²) in [6, 6.07) is 3.23. The fraction of sp³-hybridized carbons (Fsp3) is 0.333. The van der Waals surface area contributed by atoms with E-state index in [2.05, 4.69) is 0 Å². The van der Waals surface area contributed by atoms with E-state index in [1.165, 1.54) is 13.1 Å². The maximum atomic E-state index is 13.7. The fourth-order valence-corrected chi connectivity index (χ4v) is 1.63. The molecule has 1 aromatic rings. The van der Waals surface area contributed by atoms with Gasteiger partial charge in [0.05, 0.1) is 0 Å². The number of halogens is 2. The predicted octanol–water partition coefficient (Wildman–Crippen LogP) is 1.74. The number of likely N-dealkylation sites (N-methyl/N-ethyl adjacent to an activating group) is 1. The maximum Gasteiger partial charge on any atom is 0.334 e. The number of benzene rings is 1. The van der Waals surface area contributed by atoms with Crippen molar-refractivity contribution in [3.63, 3.8) is 0 Å². The summed E-state index contributed by atoms with van der Waals surface area (Å²) in [5.74, 6) is -4.43. The van der Waals surface area contributed by atoms with Gasteiger partial charge in [0.25, 0.3) is 0 Å². The normalized spacial score (nSPS) is 13.8. The number of hydrogen-bond donors (Lipinski definition) is 1. The van der Waals surface area contributed by atoms with Gasteiger partial charge in [-0.05, 0) is 13.0 Å². The third-order valence-electron chi connectivity index (χ3n) is 3.04. The molecule has 0 saturated carbocycles. The minimum atomic E-state index is -1.96. The van der Waals surface area contributed by atoms with Crippen LogP contribution in [0.1, 0.15) is 19.4 Å². The molecule has 0 saturated heterocycles. The number of carboxylic acids is 1. The first-order chi connectivity index (χ1) is 8.22. The van der Waals surface area contributed by atoms with Gasteiger partial charge in [0.1, 0.15) is 0 Å². The fourth-order valence-electron chi connectivity index (χ4n) is 1.63. The minimum absolute atomic E-state index is 0.396. The first-order valence-corrected chi connectivity index (χ1v) is 5.15. The van der Waals surface area contributed by atoms with Crippen LogP contribution in [-0.4, -0.2) is 28.9 Å². The highest BCUT2D eigenvalue weighted by Gasteiger charge is 2.43. The summed E-state index contributed by atoms with van der Waals surface area (Å²) in [5, 5.41) is 9.24. The molecule has 0 aliphatic carbocycles. The van der Waals surface area contributed by atoms with E-state index >= 15 is 0 Å². The highest BCUT2D eigenvalue weighted by Crippen LogP contribution is 2.30. The van der Waals surface area contributed by atoms with Gasteiger partial charge in [-0.1, -0.05) is 12.1 Å². The van der Waals surface area contributed by atoms with Gasteiger partial charge >= 0.3 is 5.97 Å². The summed E-state index contributed by atoms with van der Waals surface area (Å²) in [4.78, 5) is 23.5. The Morgan fingerprint density at radius 2 is 1.89 bits per heavy atom. The van der Waals surface area contributed by atoms with Crippen LogP contribution in [0.3, 0.4) is 0 Å². The average molecular weight is 257 g/mol. The molecule has 4 nitrogen and oxygen atoms in total. The van der Waals surface area contributed by atoms with Gasteiger partial charge in [0.15, 0.2) is 17.2 Å². The molecular formula is C12H13F2NO3. The second-order valence-electron chi connectivity index (χ2n) is 4.06. The van der Waals surface area contributed by atoms with Crippen LogP contribution >= 0.6 is 0 Å². The Hall–Kier alpha value is -1.98. The lowest BCUT2D eigenvalue weighted by Crippen LogP contribution is -2.50. The molecule has 1 rings (SSSR count). The van der Waals surface area contributed by atoms with E-state index in [0.29, 0.717) is 0 Å². The van der Waals surface area contributed by atoms with E-state index in [9.17, 15) is 23.5 Å². The van der Waals surface area contributed by atoms with Crippen LogP contribution in [0.4, 0.5) is 8.78 Å². The molecule has 0 aliphatic rings. The molecule has 0 spiro atoms. The second-order valence-corrected chi connectivity index (χ2v) is 4.06. The lowest BCUT2D eigenvalue weighted by Gasteiger charge is -2.35. The molecule has 1 atom stereocenters. The van der Waals surface area contributed by atoms with Gasteiger partial charge < -0.3 is 10.0 Å². The van der Waals surface area contributed by atoms with Gasteiger partial charge in [-0.15, -0.1) is 0 Å². The number of carbonyl (C=O) groups is 2. The van der Waals surface area contributed by atoms with Gasteiger partial charge in [0, 0.05) is 19.5 Å². The quantitative estimate of drug-likeness (QED) is 0.897. The van der Waals surface area contributed by atoms with Crippen molar-refractivity contribution in [2.75, 3.05) is 7.05 Å². The number of aliphatic carboxylic acids is 1. The monoisotopic (exact) mass is 257 g/mol. The number of rotatable bonds is 3. The third kappa shape index (κ3) is 2.05. The first-order valence-electron chi connectivity index (χ1n) is 5.15. The molecule has 98 valence electrons. The van der Waals surface area contributed by atoms with Crippen molar-refractivity contribution in [2.24, 2.45) is 0 Å². The number of carbonyl (C=O) groups excluding carboxylic acids is 1. The molecule has 0 fully saturated rings. The van der Waals surface area contributed by atoms with Crippen LogP contribution in [0, 0.1) is 11.6 Å². The zero-order chi connectivity index (χ0) is 14.1. The lowest BCUT2D eigenvalue weighted by molar-refractivity contribution is -0.156. The molecule has 1 amide bonds. The van der Waals surface area contributed by atoms with Crippen LogP contribution in [0.2, 0.25) is 0 Å². The van der Waals surface area contributed by atoms with Crippen LogP contribution in [0.15, 0.2) is 18.2 Å². The summed E-state index contributed by atoms with van der Waals surface area (Å²) < 4.78 is 26.9. The van der Waals surface area contributed by atoms with Crippen LogP contribution in [0.5, 0.6) is 0 Å². The highest BCUT2D eigenvalue weighted by atomic mass is 19.2. The van der Waals surface area contributed by atoms with Crippen LogP contribution < -0.4 is 0 Å². The highest BCUT2D eigenvalue weighted by molar-refractivity contribution is 5.86. The van der Waals surface area contributed by atoms with Crippen molar-refractivity contribution in [1.82, 2.24) is 4.90 Å². The van der Waals surface area contributed by atoms with E-state index in [0.717, 1.165) is 30.9 Å². The predicted molar refractivity (Wildman–Crippen MR) is 59.8 cm³/mol. The zero-order valence-corrected chi connectivity index (χ0v) is 10.2. The molecule has 6 heteroatoms. The van der Waals surface area contributed by atoms with Crippen molar-refractivity contribution < 1.29 is 23.5 Å². The summed E-state index contributed by atoms with van der Waals surface area (Å²) in [5.41, 5.74) is -2.36. The Morgan fingerprint density at radius 1 is 1.33 bits per heavy atom. The Labute approximate surface area is 103 Å². The molecular weight excluding hydrogens is 244 g/mol. The smallest absolute Gasteiger partial charge is 0.334 e. The molecule has 0 radical (unpaired) electrons. The summed E-state index contributed by atoms with van der Waals surface area (Å²) in [6.07, 6.45) is 0. The lowest BCUT2D eigenvalue weighted by atomic mass is 9.89. The number of nitrogens with zero attached hydrogens (tertiary/aromatic N) is 1. The van der Waals surface area contributed by atoms with Crippen molar-refractivity contribution in [1.29, 1.82) is 0 Å². The largest absolute Gasteiger partial charge is 0.479 e. The van der Waals surface area contributed by atoms with Crippen LogP contribution in [0.25, 0.3) is 0 Å². The van der Waals surface area contributed by atoms with Gasteiger partial charge in [-0.25, -0.2) is 13.6 Å². The summed E-state index contributed by atoms with van der Waals surface area (Å²) in [6.45, 7) is 2.30. The molecule has 0 heterocycles. The van der Waals surface area contributed by atoms with Crippen LogP contribution in [-0.2, 0) is 15.1 Å². The number of amides is 1. The Kier molecular flexibility index (Phi) is 3.69. The second kappa shape index (κ2) is 4.72. The Balaban J connectivity index is 3.51. The van der Waals surface area contributed by atoms with Crippen molar-refractivity contribution >= 4 is 11.9 Å². The van der Waals surface area contributed by atoms with E-state index in [4.69, 9.17) is 0 Å². The molecule has 18 heavy (non-hydrogen) atoms. The SMILES string of the molecule is CC(=O)N(C)C(C)(C(=O)O)c1cccc(F)c1F. The first kappa shape index (κ1) is 14.1. The summed E-state index contributed by atoms with van der Waals surface area (Å²) >= 11 is 0. The summed E-state index contributed by atoms with van der Waals surface area (Å²) in [7, 11) is 1.22. The van der Waals surface area contributed by atoms with Gasteiger partial charge in [-0.2, -0.15) is 0 Å². The Morgan fingerprint density at radius 3 is 2.33 bits per heavy atom. The molecule has 0 aromatic heterocycles. The van der Waals surface area contributed by atoms with Crippen molar-refractivity contribution in [3.05, 3.63) is 35.4 Å². The minimum Gasteiger partial charge on any atom is -0.479 e. The number of carboxylic acid groups (broad SMARTS) is 1. The third-order valence-corrected chi connectivity index (χ3v) is 3.04. The molecule has 1 unspecified atom stereocenters. The van der Waals surface area contributed by atoms with E-state index in [-0.39, 0.29) is 0 Å².